The molecule has 1 aliphatic rings. The molecule has 0 spiro atoms. The number of nitrogens with zero attached hydrogens (tertiary/aromatic N) is 1. The van der Waals surface area contributed by atoms with Crippen molar-refractivity contribution in [3.63, 3.8) is 0 Å². The Hall–Kier alpha value is -2.97. The Morgan fingerprint density at radius 3 is 2.77 bits per heavy atom. The van der Waals surface area contributed by atoms with Crippen molar-refractivity contribution in [3.8, 4) is 5.75 Å². The lowest BCUT2D eigenvalue weighted by Crippen LogP contribution is -2.35. The number of rotatable bonds is 7. The van der Waals surface area contributed by atoms with Gasteiger partial charge in [0.05, 0.1) is 28.4 Å². The monoisotopic (exact) mass is 460 g/mol. The van der Waals surface area contributed by atoms with Gasteiger partial charge < -0.3 is 14.5 Å². The van der Waals surface area contributed by atoms with Gasteiger partial charge in [0.2, 0.25) is 0 Å². The van der Waals surface area contributed by atoms with E-state index in [1.807, 2.05) is 24.3 Å². The van der Waals surface area contributed by atoms with Crippen molar-refractivity contribution < 1.29 is 22.4 Å². The smallest absolute Gasteiger partial charge is 0.264 e. The van der Waals surface area contributed by atoms with Gasteiger partial charge in [-0.3, -0.25) is 9.10 Å². The Bertz CT molecular complexity index is 1180. The van der Waals surface area contributed by atoms with Crippen molar-refractivity contribution in [1.82, 2.24) is 5.32 Å². The number of sulfonamides is 1. The summed E-state index contributed by atoms with van der Waals surface area (Å²) in [6.45, 7) is 0.397. The summed E-state index contributed by atoms with van der Waals surface area (Å²) in [7, 11) is -3.78. The molecule has 0 unspecified atom stereocenters. The van der Waals surface area contributed by atoms with Gasteiger partial charge in [-0.15, -0.1) is 0 Å². The van der Waals surface area contributed by atoms with Gasteiger partial charge in [-0.05, 0) is 54.8 Å². The maximum atomic E-state index is 13.2. The molecule has 1 aliphatic heterocycles. The number of halogens is 1. The van der Waals surface area contributed by atoms with Crippen LogP contribution in [0.3, 0.4) is 0 Å². The molecular weight excluding hydrogens is 440 g/mol. The number of benzene rings is 2. The lowest BCUT2D eigenvalue weighted by Gasteiger charge is -2.30. The number of hydrogen-bond donors (Lipinski definition) is 1. The summed E-state index contributed by atoms with van der Waals surface area (Å²) in [5.41, 5.74) is 1.70. The minimum Gasteiger partial charge on any atom is -0.482 e. The first-order chi connectivity index (χ1) is 14.9. The molecule has 0 aliphatic carbocycles. The molecule has 3 aromatic rings. The standard InChI is InChI=1S/C22H21ClN2O5S/c23-19-13-18(31(27,28)25-11-3-6-16-5-1-2-8-20(16)25)9-10-21(19)30-15-22(26)24-14-17-7-4-12-29-17/h1-2,4-5,7-10,12-13H,3,6,11,14-15H2,(H,24,26). The number of amides is 1. The SMILES string of the molecule is O=C(COc1ccc(S(=O)(=O)N2CCCc3ccccc32)cc1Cl)NCc1ccco1. The molecule has 0 saturated carbocycles. The lowest BCUT2D eigenvalue weighted by molar-refractivity contribution is -0.123. The third-order valence-corrected chi connectivity index (χ3v) is 7.06. The summed E-state index contributed by atoms with van der Waals surface area (Å²) in [5, 5.41) is 2.78. The van der Waals surface area contributed by atoms with E-state index in [0.717, 1.165) is 18.4 Å². The van der Waals surface area contributed by atoms with Crippen molar-refractivity contribution >= 4 is 33.2 Å². The summed E-state index contributed by atoms with van der Waals surface area (Å²) < 4.78 is 38.5. The molecular formula is C22H21ClN2O5S. The zero-order valence-corrected chi connectivity index (χ0v) is 18.2. The molecule has 0 bridgehead atoms. The Balaban J connectivity index is 1.44. The van der Waals surface area contributed by atoms with Crippen LogP contribution in [0, 0.1) is 0 Å². The minimum atomic E-state index is -3.78. The largest absolute Gasteiger partial charge is 0.482 e. The Labute approximate surface area is 185 Å². The predicted octanol–water partition coefficient (Wildman–Crippen LogP) is 3.77. The van der Waals surface area contributed by atoms with Crippen LogP contribution in [-0.2, 0) is 27.8 Å². The van der Waals surface area contributed by atoms with Gasteiger partial charge in [-0.2, -0.15) is 0 Å². The summed E-state index contributed by atoms with van der Waals surface area (Å²) in [5.74, 6) is 0.502. The van der Waals surface area contributed by atoms with Crippen molar-refractivity contribution in [2.45, 2.75) is 24.3 Å². The highest BCUT2D eigenvalue weighted by molar-refractivity contribution is 7.92. The van der Waals surface area contributed by atoms with Crippen LogP contribution >= 0.6 is 11.6 Å². The normalized spacial score (nSPS) is 13.5. The van der Waals surface area contributed by atoms with E-state index >= 15 is 0 Å². The quantitative estimate of drug-likeness (QED) is 0.579. The third-order valence-electron chi connectivity index (χ3n) is 4.96. The fraction of sp³-hybridized carbons (Fsp3) is 0.227. The first kappa shape index (κ1) is 21.3. The molecule has 1 amide bonds. The van der Waals surface area contributed by atoms with E-state index in [4.69, 9.17) is 20.8 Å². The number of furan rings is 1. The molecule has 4 rings (SSSR count). The van der Waals surface area contributed by atoms with Crippen molar-refractivity contribution in [2.24, 2.45) is 0 Å². The van der Waals surface area contributed by atoms with Gasteiger partial charge in [0.25, 0.3) is 15.9 Å². The van der Waals surface area contributed by atoms with Gasteiger partial charge in [-0.25, -0.2) is 8.42 Å². The Morgan fingerprint density at radius 1 is 1.16 bits per heavy atom. The first-order valence-electron chi connectivity index (χ1n) is 9.77. The van der Waals surface area contributed by atoms with Crippen LogP contribution in [0.2, 0.25) is 5.02 Å². The molecule has 7 nitrogen and oxygen atoms in total. The van der Waals surface area contributed by atoms with Gasteiger partial charge in [0.15, 0.2) is 6.61 Å². The lowest BCUT2D eigenvalue weighted by atomic mass is 10.0. The number of para-hydroxylation sites is 1. The summed E-state index contributed by atoms with van der Waals surface area (Å²) in [6.07, 6.45) is 3.12. The summed E-state index contributed by atoms with van der Waals surface area (Å²) >= 11 is 6.26. The van der Waals surface area contributed by atoms with E-state index < -0.39 is 10.0 Å². The average Bonchev–Trinajstić information content (AvgIpc) is 3.30. The molecule has 31 heavy (non-hydrogen) atoms. The molecule has 2 heterocycles. The Kier molecular flexibility index (Phi) is 6.20. The molecule has 9 heteroatoms. The predicted molar refractivity (Wildman–Crippen MR) is 117 cm³/mol. The Morgan fingerprint density at radius 2 is 2.00 bits per heavy atom. The highest BCUT2D eigenvalue weighted by Gasteiger charge is 2.29. The van der Waals surface area contributed by atoms with Crippen LogP contribution in [0.15, 0.2) is 70.2 Å². The number of carbonyl (C=O) groups excluding carboxylic acids is 1. The molecule has 0 radical (unpaired) electrons. The van der Waals surface area contributed by atoms with E-state index in [2.05, 4.69) is 5.32 Å². The van der Waals surface area contributed by atoms with Crippen molar-refractivity contribution in [1.29, 1.82) is 0 Å². The summed E-state index contributed by atoms with van der Waals surface area (Å²) in [4.78, 5) is 12.0. The number of fused-ring (bicyclic) bond motifs is 1. The van der Waals surface area contributed by atoms with E-state index in [1.165, 1.54) is 28.8 Å². The molecule has 2 aromatic carbocycles. The highest BCUT2D eigenvalue weighted by Crippen LogP contribution is 2.34. The zero-order chi connectivity index (χ0) is 21.8. The first-order valence-corrected chi connectivity index (χ1v) is 11.6. The van der Waals surface area contributed by atoms with Crippen LogP contribution in [0.5, 0.6) is 5.75 Å². The second-order valence-electron chi connectivity index (χ2n) is 7.05. The van der Waals surface area contributed by atoms with E-state index in [9.17, 15) is 13.2 Å². The van der Waals surface area contributed by atoms with Crippen molar-refractivity contribution in [3.05, 3.63) is 77.2 Å². The molecule has 1 N–H and O–H groups in total. The maximum absolute atomic E-state index is 13.2. The average molecular weight is 461 g/mol. The van der Waals surface area contributed by atoms with Crippen LogP contribution in [0.25, 0.3) is 0 Å². The second-order valence-corrected chi connectivity index (χ2v) is 9.32. The molecule has 0 fully saturated rings. The molecule has 1 aromatic heterocycles. The summed E-state index contributed by atoms with van der Waals surface area (Å²) in [6, 6.07) is 15.2. The number of ether oxygens (including phenoxy) is 1. The molecule has 0 atom stereocenters. The van der Waals surface area contributed by atoms with E-state index in [1.54, 1.807) is 12.1 Å². The number of aryl methyl sites for hydroxylation is 1. The number of nitrogens with one attached hydrogen (secondary N) is 1. The van der Waals surface area contributed by atoms with Crippen LogP contribution in [0.1, 0.15) is 17.7 Å². The topological polar surface area (TPSA) is 88.9 Å². The zero-order valence-electron chi connectivity index (χ0n) is 16.6. The minimum absolute atomic E-state index is 0.0730. The fourth-order valence-corrected chi connectivity index (χ4v) is 5.30. The van der Waals surface area contributed by atoms with Gasteiger partial charge >= 0.3 is 0 Å². The third kappa shape index (κ3) is 4.70. The highest BCUT2D eigenvalue weighted by atomic mass is 35.5. The number of hydrogen-bond acceptors (Lipinski definition) is 5. The molecule has 0 saturated heterocycles. The van der Waals surface area contributed by atoms with Gasteiger partial charge in [0, 0.05) is 6.54 Å². The van der Waals surface area contributed by atoms with Crippen molar-refractivity contribution in [2.75, 3.05) is 17.5 Å². The van der Waals surface area contributed by atoms with Gasteiger partial charge in [0.1, 0.15) is 11.5 Å². The second kappa shape index (κ2) is 9.03. The van der Waals surface area contributed by atoms with Crippen LogP contribution in [-0.4, -0.2) is 27.5 Å². The molecule has 162 valence electrons. The van der Waals surface area contributed by atoms with Crippen LogP contribution < -0.4 is 14.4 Å². The van der Waals surface area contributed by atoms with E-state index in [0.29, 0.717) is 18.0 Å². The fourth-order valence-electron chi connectivity index (χ4n) is 3.43. The van der Waals surface area contributed by atoms with Gasteiger partial charge in [-0.1, -0.05) is 29.8 Å². The number of anilines is 1. The maximum Gasteiger partial charge on any atom is 0.264 e. The number of carbonyl (C=O) groups is 1. The van der Waals surface area contributed by atoms with Crippen LogP contribution in [0.4, 0.5) is 5.69 Å². The van der Waals surface area contributed by atoms with E-state index in [-0.39, 0.29) is 34.7 Å².